The van der Waals surface area contributed by atoms with Crippen molar-refractivity contribution in [1.29, 1.82) is 0 Å². The van der Waals surface area contributed by atoms with Crippen LogP contribution in [0.3, 0.4) is 0 Å². The van der Waals surface area contributed by atoms with Crippen LogP contribution in [0.1, 0.15) is 24.2 Å². The van der Waals surface area contributed by atoms with Gasteiger partial charge in [0.1, 0.15) is 0 Å². The smallest absolute Gasteiger partial charge is 0.0930 e. The summed E-state index contributed by atoms with van der Waals surface area (Å²) in [5.41, 5.74) is 11.0. The lowest BCUT2D eigenvalue weighted by molar-refractivity contribution is 0.199. The largest absolute Gasteiger partial charge is 0.327 e. The van der Waals surface area contributed by atoms with Crippen molar-refractivity contribution in [1.82, 2.24) is 25.3 Å². The zero-order valence-corrected chi connectivity index (χ0v) is 13.9. The molecule has 1 fully saturated rings. The number of rotatable bonds is 3. The highest BCUT2D eigenvalue weighted by Gasteiger charge is 2.17. The average Bonchev–Trinajstić information content (AvgIpc) is 2.96. The molecular formula is C18H22N6. The summed E-state index contributed by atoms with van der Waals surface area (Å²) in [5.74, 6) is 0. The lowest BCUT2D eigenvalue weighted by atomic mass is 10.1. The van der Waals surface area contributed by atoms with Gasteiger partial charge in [-0.2, -0.15) is 15.3 Å². The molecule has 1 atom stereocenters. The van der Waals surface area contributed by atoms with E-state index in [0.717, 1.165) is 66.0 Å². The van der Waals surface area contributed by atoms with Gasteiger partial charge in [0.2, 0.25) is 0 Å². The molecule has 3 N–H and O–H groups in total. The van der Waals surface area contributed by atoms with Crippen LogP contribution in [0, 0.1) is 6.92 Å². The fourth-order valence-corrected chi connectivity index (χ4v) is 3.36. The summed E-state index contributed by atoms with van der Waals surface area (Å²) in [5, 5.41) is 17.2. The molecule has 1 aliphatic rings. The Balaban J connectivity index is 1.53. The van der Waals surface area contributed by atoms with Gasteiger partial charge in [0.05, 0.1) is 16.9 Å². The second-order valence-corrected chi connectivity index (χ2v) is 6.63. The Morgan fingerprint density at radius 2 is 2.17 bits per heavy atom. The second kappa shape index (κ2) is 6.30. The van der Waals surface area contributed by atoms with Crippen LogP contribution in [-0.4, -0.2) is 44.4 Å². The molecule has 0 spiro atoms. The first kappa shape index (κ1) is 15.2. The molecule has 0 radical (unpaired) electrons. The normalized spacial score (nSPS) is 19.0. The van der Waals surface area contributed by atoms with E-state index in [-0.39, 0.29) is 6.04 Å². The Labute approximate surface area is 141 Å². The Hall–Kier alpha value is -2.31. The quantitative estimate of drug-likeness (QED) is 0.773. The van der Waals surface area contributed by atoms with Crippen molar-refractivity contribution in [3.05, 3.63) is 41.7 Å². The van der Waals surface area contributed by atoms with E-state index in [0.29, 0.717) is 0 Å². The molecule has 1 aromatic carbocycles. The number of H-pyrrole nitrogens is 1. The van der Waals surface area contributed by atoms with E-state index >= 15 is 0 Å². The number of piperidine rings is 1. The van der Waals surface area contributed by atoms with Crippen LogP contribution in [0.5, 0.6) is 0 Å². The maximum atomic E-state index is 6.04. The average molecular weight is 322 g/mol. The highest BCUT2D eigenvalue weighted by Crippen LogP contribution is 2.23. The SMILES string of the molecule is Cc1[nH]nc2ccc(-c3ccc(CN4CCCC(N)C4)nn3)cc12. The van der Waals surface area contributed by atoms with E-state index in [1.54, 1.807) is 0 Å². The van der Waals surface area contributed by atoms with Crippen molar-refractivity contribution in [2.45, 2.75) is 32.4 Å². The molecule has 2 aromatic heterocycles. The summed E-state index contributed by atoms with van der Waals surface area (Å²) in [7, 11) is 0. The third-order valence-corrected chi connectivity index (χ3v) is 4.69. The van der Waals surface area contributed by atoms with Crippen molar-refractivity contribution in [3.8, 4) is 11.3 Å². The van der Waals surface area contributed by atoms with Gasteiger partial charge in [-0.3, -0.25) is 10.00 Å². The van der Waals surface area contributed by atoms with E-state index in [4.69, 9.17) is 5.73 Å². The molecular weight excluding hydrogens is 300 g/mol. The number of aromatic nitrogens is 4. The molecule has 124 valence electrons. The summed E-state index contributed by atoms with van der Waals surface area (Å²) < 4.78 is 0. The van der Waals surface area contributed by atoms with Gasteiger partial charge in [-0.25, -0.2) is 0 Å². The lowest BCUT2D eigenvalue weighted by Crippen LogP contribution is -2.42. The third-order valence-electron chi connectivity index (χ3n) is 4.69. The molecule has 0 saturated carbocycles. The van der Waals surface area contributed by atoms with Crippen molar-refractivity contribution < 1.29 is 0 Å². The van der Waals surface area contributed by atoms with E-state index in [1.807, 2.05) is 25.1 Å². The summed E-state index contributed by atoms with van der Waals surface area (Å²) >= 11 is 0. The Morgan fingerprint density at radius 1 is 1.25 bits per heavy atom. The van der Waals surface area contributed by atoms with Crippen LogP contribution < -0.4 is 5.73 Å². The van der Waals surface area contributed by atoms with Crippen LogP contribution >= 0.6 is 0 Å². The molecule has 1 aliphatic heterocycles. The molecule has 0 aliphatic carbocycles. The fourth-order valence-electron chi connectivity index (χ4n) is 3.36. The number of hydrogen-bond acceptors (Lipinski definition) is 5. The number of likely N-dealkylation sites (tertiary alicyclic amines) is 1. The van der Waals surface area contributed by atoms with Crippen LogP contribution in [-0.2, 0) is 6.54 Å². The van der Waals surface area contributed by atoms with Crippen molar-refractivity contribution in [2.24, 2.45) is 5.73 Å². The molecule has 3 aromatic rings. The highest BCUT2D eigenvalue weighted by molar-refractivity contribution is 5.85. The van der Waals surface area contributed by atoms with E-state index in [2.05, 4.69) is 37.4 Å². The minimum absolute atomic E-state index is 0.288. The van der Waals surface area contributed by atoms with E-state index in [9.17, 15) is 0 Å². The lowest BCUT2D eigenvalue weighted by Gasteiger charge is -2.30. The summed E-state index contributed by atoms with van der Waals surface area (Å²) in [6, 6.07) is 10.6. The molecule has 3 heterocycles. The predicted molar refractivity (Wildman–Crippen MR) is 94.3 cm³/mol. The summed E-state index contributed by atoms with van der Waals surface area (Å²) in [6.45, 7) is 4.88. The number of nitrogens with zero attached hydrogens (tertiary/aromatic N) is 4. The molecule has 0 amide bonds. The second-order valence-electron chi connectivity index (χ2n) is 6.63. The first-order valence-corrected chi connectivity index (χ1v) is 8.45. The summed E-state index contributed by atoms with van der Waals surface area (Å²) in [6.07, 6.45) is 2.29. The maximum Gasteiger partial charge on any atom is 0.0930 e. The number of benzene rings is 1. The highest BCUT2D eigenvalue weighted by atomic mass is 15.2. The zero-order chi connectivity index (χ0) is 16.5. The van der Waals surface area contributed by atoms with Gasteiger partial charge in [-0.15, -0.1) is 0 Å². The molecule has 1 saturated heterocycles. The number of nitrogens with two attached hydrogens (primary N) is 1. The monoisotopic (exact) mass is 322 g/mol. The minimum Gasteiger partial charge on any atom is -0.327 e. The Bertz CT molecular complexity index is 838. The number of aryl methyl sites for hydroxylation is 1. The molecule has 0 bridgehead atoms. The van der Waals surface area contributed by atoms with Gasteiger partial charge in [0.15, 0.2) is 0 Å². The Morgan fingerprint density at radius 3 is 2.96 bits per heavy atom. The van der Waals surface area contributed by atoms with Gasteiger partial charge in [-0.1, -0.05) is 6.07 Å². The fraction of sp³-hybridized carbons (Fsp3) is 0.389. The van der Waals surface area contributed by atoms with Crippen molar-refractivity contribution in [2.75, 3.05) is 13.1 Å². The van der Waals surface area contributed by atoms with Gasteiger partial charge in [-0.05, 0) is 50.6 Å². The molecule has 6 nitrogen and oxygen atoms in total. The standard InChI is InChI=1S/C18H22N6/c1-12-16-9-13(4-6-18(16)23-20-12)17-7-5-15(21-22-17)11-24-8-2-3-14(19)10-24/h4-7,9,14H,2-3,8,10-11,19H2,1H3,(H,20,23). The molecule has 6 heteroatoms. The first-order chi connectivity index (χ1) is 11.7. The molecule has 1 unspecified atom stereocenters. The predicted octanol–water partition coefficient (Wildman–Crippen LogP) is 2.25. The van der Waals surface area contributed by atoms with E-state index < -0.39 is 0 Å². The van der Waals surface area contributed by atoms with Gasteiger partial charge < -0.3 is 5.73 Å². The van der Waals surface area contributed by atoms with E-state index in [1.165, 1.54) is 0 Å². The van der Waals surface area contributed by atoms with Crippen molar-refractivity contribution >= 4 is 10.9 Å². The topological polar surface area (TPSA) is 83.7 Å². The van der Waals surface area contributed by atoms with Crippen LogP contribution in [0.4, 0.5) is 0 Å². The van der Waals surface area contributed by atoms with Gasteiger partial charge in [0, 0.05) is 35.8 Å². The molecule has 24 heavy (non-hydrogen) atoms. The van der Waals surface area contributed by atoms with Crippen LogP contribution in [0.25, 0.3) is 22.2 Å². The first-order valence-electron chi connectivity index (χ1n) is 8.45. The third kappa shape index (κ3) is 3.02. The number of hydrogen-bond donors (Lipinski definition) is 2. The maximum absolute atomic E-state index is 6.04. The number of aromatic amines is 1. The molecule has 4 rings (SSSR count). The minimum atomic E-state index is 0.288. The number of fused-ring (bicyclic) bond motifs is 1. The van der Waals surface area contributed by atoms with Gasteiger partial charge in [0.25, 0.3) is 0 Å². The van der Waals surface area contributed by atoms with Crippen LogP contribution in [0.2, 0.25) is 0 Å². The number of nitrogens with one attached hydrogen (secondary N) is 1. The Kier molecular flexibility index (Phi) is 4.00. The van der Waals surface area contributed by atoms with Crippen molar-refractivity contribution in [3.63, 3.8) is 0 Å². The van der Waals surface area contributed by atoms with Gasteiger partial charge >= 0.3 is 0 Å². The van der Waals surface area contributed by atoms with Crippen LogP contribution in [0.15, 0.2) is 30.3 Å². The summed E-state index contributed by atoms with van der Waals surface area (Å²) in [4.78, 5) is 2.36. The zero-order valence-electron chi connectivity index (χ0n) is 13.9.